The molecule has 0 aliphatic carbocycles. The van der Waals surface area contributed by atoms with Crippen LogP contribution in [0.15, 0.2) is 22.7 Å². The van der Waals surface area contributed by atoms with E-state index in [4.69, 9.17) is 10.00 Å². The number of nitrogens with one attached hydrogen (secondary N) is 1. The number of benzene rings is 1. The molecule has 1 aromatic rings. The first kappa shape index (κ1) is 18.1. The SMILES string of the molecule is CC(C)[C@](C)(C#N)NC(=O)COC(=O)c1ccc(F)cc1Br. The van der Waals surface area contributed by atoms with Crippen LogP contribution in [0.25, 0.3) is 0 Å². The Morgan fingerprint density at radius 2 is 2.14 bits per heavy atom. The lowest BCUT2D eigenvalue weighted by Gasteiger charge is -2.27. The lowest BCUT2D eigenvalue weighted by Crippen LogP contribution is -2.50. The summed E-state index contributed by atoms with van der Waals surface area (Å²) in [6, 6.07) is 5.52. The Bertz CT molecular complexity index is 628. The molecule has 0 aromatic heterocycles. The largest absolute Gasteiger partial charge is 0.452 e. The van der Waals surface area contributed by atoms with Crippen LogP contribution in [0.4, 0.5) is 4.39 Å². The molecule has 0 unspecified atom stereocenters. The summed E-state index contributed by atoms with van der Waals surface area (Å²) in [5, 5.41) is 11.6. The number of halogens is 2. The number of nitrogens with zero attached hydrogens (tertiary/aromatic N) is 1. The minimum atomic E-state index is -1.04. The van der Waals surface area contributed by atoms with Gasteiger partial charge in [-0.1, -0.05) is 13.8 Å². The van der Waals surface area contributed by atoms with Crippen LogP contribution >= 0.6 is 15.9 Å². The summed E-state index contributed by atoms with van der Waals surface area (Å²) >= 11 is 3.05. The quantitative estimate of drug-likeness (QED) is 0.808. The van der Waals surface area contributed by atoms with E-state index in [9.17, 15) is 14.0 Å². The fourth-order valence-corrected chi connectivity index (χ4v) is 2.00. The molecule has 118 valence electrons. The molecule has 1 amide bonds. The van der Waals surface area contributed by atoms with Gasteiger partial charge < -0.3 is 10.1 Å². The Morgan fingerprint density at radius 3 is 2.64 bits per heavy atom. The molecule has 0 saturated heterocycles. The van der Waals surface area contributed by atoms with Crippen LogP contribution in [0, 0.1) is 23.1 Å². The van der Waals surface area contributed by atoms with Crippen molar-refractivity contribution >= 4 is 27.8 Å². The summed E-state index contributed by atoms with van der Waals surface area (Å²) in [6.07, 6.45) is 0. The van der Waals surface area contributed by atoms with Crippen molar-refractivity contribution in [2.45, 2.75) is 26.3 Å². The minimum Gasteiger partial charge on any atom is -0.452 e. The van der Waals surface area contributed by atoms with Crippen LogP contribution in [0.5, 0.6) is 0 Å². The molecular formula is C15H16BrFN2O3. The van der Waals surface area contributed by atoms with Gasteiger partial charge in [0, 0.05) is 4.47 Å². The number of amides is 1. The lowest BCUT2D eigenvalue weighted by atomic mass is 9.90. The van der Waals surface area contributed by atoms with Crippen molar-refractivity contribution in [1.82, 2.24) is 5.32 Å². The first-order valence-electron chi connectivity index (χ1n) is 6.54. The molecule has 1 N–H and O–H groups in total. The zero-order valence-corrected chi connectivity index (χ0v) is 14.0. The van der Waals surface area contributed by atoms with Gasteiger partial charge in [0.15, 0.2) is 6.61 Å². The second-order valence-corrected chi connectivity index (χ2v) is 6.07. The maximum Gasteiger partial charge on any atom is 0.339 e. The van der Waals surface area contributed by atoms with E-state index in [1.807, 2.05) is 6.07 Å². The van der Waals surface area contributed by atoms with Crippen molar-refractivity contribution in [3.8, 4) is 6.07 Å². The summed E-state index contributed by atoms with van der Waals surface area (Å²) in [7, 11) is 0. The zero-order chi connectivity index (χ0) is 16.9. The van der Waals surface area contributed by atoms with E-state index in [0.29, 0.717) is 0 Å². The molecule has 1 aromatic carbocycles. The molecule has 1 rings (SSSR count). The van der Waals surface area contributed by atoms with Crippen LogP contribution in [0.1, 0.15) is 31.1 Å². The molecule has 0 saturated carbocycles. The predicted octanol–water partition coefficient (Wildman–Crippen LogP) is 2.80. The molecule has 0 aliphatic heterocycles. The van der Waals surface area contributed by atoms with Crippen molar-refractivity contribution in [3.63, 3.8) is 0 Å². The number of rotatable bonds is 5. The highest BCUT2D eigenvalue weighted by molar-refractivity contribution is 9.10. The van der Waals surface area contributed by atoms with Gasteiger partial charge in [0.1, 0.15) is 11.4 Å². The van der Waals surface area contributed by atoms with Gasteiger partial charge in [-0.15, -0.1) is 0 Å². The average Bonchev–Trinajstić information content (AvgIpc) is 2.44. The van der Waals surface area contributed by atoms with Crippen LogP contribution < -0.4 is 5.32 Å². The van der Waals surface area contributed by atoms with Crippen molar-refractivity contribution in [2.24, 2.45) is 5.92 Å². The van der Waals surface area contributed by atoms with Crippen molar-refractivity contribution < 1.29 is 18.7 Å². The molecule has 0 fully saturated rings. The van der Waals surface area contributed by atoms with Crippen LogP contribution in [-0.4, -0.2) is 24.0 Å². The Balaban J connectivity index is 2.65. The highest BCUT2D eigenvalue weighted by Gasteiger charge is 2.30. The third-order valence-electron chi connectivity index (χ3n) is 3.27. The molecule has 0 radical (unpaired) electrons. The molecule has 7 heteroatoms. The predicted molar refractivity (Wildman–Crippen MR) is 81.4 cm³/mol. The first-order chi connectivity index (χ1) is 10.2. The highest BCUT2D eigenvalue weighted by Crippen LogP contribution is 2.19. The summed E-state index contributed by atoms with van der Waals surface area (Å²) < 4.78 is 18.1. The first-order valence-corrected chi connectivity index (χ1v) is 7.33. The molecular weight excluding hydrogens is 355 g/mol. The Kier molecular flexibility index (Phi) is 6.06. The van der Waals surface area contributed by atoms with E-state index in [2.05, 4.69) is 21.2 Å². The van der Waals surface area contributed by atoms with Gasteiger partial charge in [-0.25, -0.2) is 9.18 Å². The molecule has 0 heterocycles. The number of esters is 1. The minimum absolute atomic E-state index is 0.108. The standard InChI is InChI=1S/C15H16BrFN2O3/c1-9(2)15(3,8-18)19-13(20)7-22-14(21)11-5-4-10(17)6-12(11)16/h4-6,9H,7H2,1-3H3,(H,19,20)/t15-/m0/s1. The van der Waals surface area contributed by atoms with Gasteiger partial charge in [0.05, 0.1) is 11.6 Å². The molecule has 0 bridgehead atoms. The van der Waals surface area contributed by atoms with Crippen LogP contribution in [0.2, 0.25) is 0 Å². The smallest absolute Gasteiger partial charge is 0.339 e. The van der Waals surface area contributed by atoms with Gasteiger partial charge in [0.2, 0.25) is 0 Å². The summed E-state index contributed by atoms with van der Waals surface area (Å²) in [5.41, 5.74) is -0.930. The number of nitriles is 1. The highest BCUT2D eigenvalue weighted by atomic mass is 79.9. The number of hydrogen-bond donors (Lipinski definition) is 1. The van der Waals surface area contributed by atoms with E-state index in [0.717, 1.165) is 12.1 Å². The van der Waals surface area contributed by atoms with Crippen molar-refractivity contribution in [2.75, 3.05) is 6.61 Å². The lowest BCUT2D eigenvalue weighted by molar-refractivity contribution is -0.125. The zero-order valence-electron chi connectivity index (χ0n) is 12.4. The van der Waals surface area contributed by atoms with E-state index in [1.54, 1.807) is 20.8 Å². The summed E-state index contributed by atoms with van der Waals surface area (Å²) in [4.78, 5) is 23.6. The monoisotopic (exact) mass is 370 g/mol. The fraction of sp³-hybridized carbons (Fsp3) is 0.400. The normalized spacial score (nSPS) is 13.1. The van der Waals surface area contributed by atoms with Gasteiger partial charge in [0.25, 0.3) is 5.91 Å². The second kappa shape index (κ2) is 7.36. The van der Waals surface area contributed by atoms with Gasteiger partial charge in [-0.2, -0.15) is 5.26 Å². The van der Waals surface area contributed by atoms with E-state index >= 15 is 0 Å². The summed E-state index contributed by atoms with van der Waals surface area (Å²) in [5.74, 6) is -1.94. The van der Waals surface area contributed by atoms with E-state index in [-0.39, 0.29) is 16.0 Å². The van der Waals surface area contributed by atoms with E-state index < -0.39 is 29.8 Å². The molecule has 0 spiro atoms. The maximum absolute atomic E-state index is 12.9. The molecule has 5 nitrogen and oxygen atoms in total. The molecule has 1 atom stereocenters. The number of carbonyl (C=O) groups excluding carboxylic acids is 2. The third kappa shape index (κ3) is 4.53. The Labute approximate surface area is 136 Å². The summed E-state index contributed by atoms with van der Waals surface area (Å²) in [6.45, 7) is 4.66. The second-order valence-electron chi connectivity index (χ2n) is 5.22. The van der Waals surface area contributed by atoms with Gasteiger partial charge in [-0.3, -0.25) is 4.79 Å². The van der Waals surface area contributed by atoms with Gasteiger partial charge >= 0.3 is 5.97 Å². The molecule has 0 aliphatic rings. The number of hydrogen-bond acceptors (Lipinski definition) is 4. The van der Waals surface area contributed by atoms with E-state index in [1.165, 1.54) is 6.07 Å². The number of carbonyl (C=O) groups is 2. The Morgan fingerprint density at radius 1 is 1.50 bits per heavy atom. The number of ether oxygens (including phenoxy) is 1. The van der Waals surface area contributed by atoms with Crippen LogP contribution in [-0.2, 0) is 9.53 Å². The van der Waals surface area contributed by atoms with Crippen molar-refractivity contribution in [3.05, 3.63) is 34.1 Å². The van der Waals surface area contributed by atoms with Crippen molar-refractivity contribution in [1.29, 1.82) is 5.26 Å². The van der Waals surface area contributed by atoms with Gasteiger partial charge in [-0.05, 0) is 47.0 Å². The average molecular weight is 371 g/mol. The van der Waals surface area contributed by atoms with Crippen LogP contribution in [0.3, 0.4) is 0 Å². The molecule has 22 heavy (non-hydrogen) atoms. The third-order valence-corrected chi connectivity index (χ3v) is 3.93. The fourth-order valence-electron chi connectivity index (χ4n) is 1.49. The Hall–Kier alpha value is -1.94. The topological polar surface area (TPSA) is 79.2 Å². The maximum atomic E-state index is 12.9.